The third-order valence-electron chi connectivity index (χ3n) is 5.22. The third kappa shape index (κ3) is 6.84. The number of alkyl halides is 2. The zero-order valence-corrected chi connectivity index (χ0v) is 16.7. The van der Waals surface area contributed by atoms with E-state index >= 15 is 0 Å². The minimum Gasteiger partial charge on any atom is -0.432 e. The zero-order chi connectivity index (χ0) is 20.6. The lowest BCUT2D eigenvalue weighted by molar-refractivity contribution is -0.220. The number of hydrogen-bond donors (Lipinski definition) is 0. The molecule has 29 heavy (non-hydrogen) atoms. The highest BCUT2D eigenvalue weighted by Gasteiger charge is 2.27. The number of ether oxygens (including phenoxy) is 5. The fourth-order valence-electron chi connectivity index (χ4n) is 3.54. The smallest absolute Gasteiger partial charge is 0.387 e. The van der Waals surface area contributed by atoms with Crippen LogP contribution in [0.25, 0.3) is 0 Å². The third-order valence-corrected chi connectivity index (χ3v) is 5.22. The van der Waals surface area contributed by atoms with E-state index < -0.39 is 24.5 Å². The summed E-state index contributed by atoms with van der Waals surface area (Å²) in [6.07, 6.45) is 4.24. The summed E-state index contributed by atoms with van der Waals surface area (Å²) >= 11 is 0. The van der Waals surface area contributed by atoms with Gasteiger partial charge in [0, 0.05) is 17.4 Å². The first kappa shape index (κ1) is 22.3. The van der Waals surface area contributed by atoms with Gasteiger partial charge in [-0.3, -0.25) is 0 Å². The van der Waals surface area contributed by atoms with E-state index in [1.165, 1.54) is 18.9 Å². The van der Waals surface area contributed by atoms with Crippen LogP contribution in [0.2, 0.25) is 0 Å². The van der Waals surface area contributed by atoms with Crippen molar-refractivity contribution in [2.45, 2.75) is 58.2 Å². The minimum atomic E-state index is -3.07. The number of unbranched alkanes of at least 4 members (excludes halogenated alkanes) is 1. The molecule has 0 amide bonds. The molecule has 164 valence electrons. The van der Waals surface area contributed by atoms with E-state index in [2.05, 4.69) is 11.7 Å². The Morgan fingerprint density at radius 2 is 1.62 bits per heavy atom. The first-order valence-corrected chi connectivity index (χ1v) is 10.3. The predicted octanol–water partition coefficient (Wildman–Crippen LogP) is 5.05. The van der Waals surface area contributed by atoms with Gasteiger partial charge in [-0.1, -0.05) is 25.8 Å². The highest BCUT2D eigenvalue weighted by atomic mass is 19.3. The lowest BCUT2D eigenvalue weighted by Crippen LogP contribution is -2.33. The Bertz CT molecular complexity index is 614. The molecule has 0 saturated carbocycles. The van der Waals surface area contributed by atoms with Crippen LogP contribution in [0.4, 0.5) is 13.2 Å². The van der Waals surface area contributed by atoms with Gasteiger partial charge in [0.05, 0.1) is 26.4 Å². The van der Waals surface area contributed by atoms with Gasteiger partial charge >= 0.3 is 6.61 Å². The lowest BCUT2D eigenvalue weighted by Gasteiger charge is -2.32. The SMILES string of the molecule is CCCCC1COC(CCC2COC(c3ccc(OC(F)F)c(F)c3)OC2)OC1. The van der Waals surface area contributed by atoms with Crippen molar-refractivity contribution in [1.29, 1.82) is 0 Å². The van der Waals surface area contributed by atoms with E-state index in [9.17, 15) is 13.2 Å². The maximum absolute atomic E-state index is 13.9. The molecule has 0 unspecified atom stereocenters. The van der Waals surface area contributed by atoms with Gasteiger partial charge in [-0.15, -0.1) is 0 Å². The number of hydrogen-bond acceptors (Lipinski definition) is 5. The summed E-state index contributed by atoms with van der Waals surface area (Å²) in [5.74, 6) is -0.684. The molecular formula is C21H29F3O5. The number of benzene rings is 1. The minimum absolute atomic E-state index is 0.179. The van der Waals surface area contributed by atoms with Gasteiger partial charge in [-0.25, -0.2) is 4.39 Å². The summed E-state index contributed by atoms with van der Waals surface area (Å²) in [5, 5.41) is 0. The van der Waals surface area contributed by atoms with Crippen LogP contribution >= 0.6 is 0 Å². The van der Waals surface area contributed by atoms with Gasteiger partial charge in [-0.05, 0) is 31.4 Å². The van der Waals surface area contributed by atoms with Crippen LogP contribution in [-0.4, -0.2) is 39.3 Å². The summed E-state index contributed by atoms with van der Waals surface area (Å²) in [7, 11) is 0. The van der Waals surface area contributed by atoms with Gasteiger partial charge in [0.15, 0.2) is 24.1 Å². The van der Waals surface area contributed by atoms with E-state index in [4.69, 9.17) is 18.9 Å². The largest absolute Gasteiger partial charge is 0.432 e. The molecule has 8 heteroatoms. The van der Waals surface area contributed by atoms with Crippen molar-refractivity contribution in [2.75, 3.05) is 26.4 Å². The van der Waals surface area contributed by atoms with E-state index in [0.717, 1.165) is 44.6 Å². The molecule has 0 N–H and O–H groups in total. The van der Waals surface area contributed by atoms with Crippen LogP contribution in [0.5, 0.6) is 5.75 Å². The quantitative estimate of drug-likeness (QED) is 0.562. The highest BCUT2D eigenvalue weighted by molar-refractivity contribution is 5.30. The molecule has 0 spiro atoms. The van der Waals surface area contributed by atoms with Gasteiger partial charge in [0.1, 0.15) is 0 Å². The molecule has 0 aliphatic carbocycles. The summed E-state index contributed by atoms with van der Waals surface area (Å²) < 4.78 is 65.4. The molecule has 1 aromatic carbocycles. The second kappa shape index (κ2) is 11.2. The molecule has 0 aromatic heterocycles. The first-order chi connectivity index (χ1) is 14.0. The number of rotatable bonds is 9. The first-order valence-electron chi connectivity index (χ1n) is 10.3. The van der Waals surface area contributed by atoms with Crippen molar-refractivity contribution >= 4 is 0 Å². The molecule has 2 aliphatic rings. The van der Waals surface area contributed by atoms with Gasteiger partial charge in [0.25, 0.3) is 0 Å². The standard InChI is InChI=1S/C21H29F3O5/c1-2-3-4-14-10-25-19(26-11-14)8-5-15-12-27-20(28-13-15)16-6-7-18(17(22)9-16)29-21(23)24/h6-7,9,14-15,19-21H,2-5,8,10-13H2,1H3. The molecule has 0 bridgehead atoms. The van der Waals surface area contributed by atoms with Crippen LogP contribution in [0, 0.1) is 17.7 Å². The monoisotopic (exact) mass is 418 g/mol. The Hall–Kier alpha value is -1.35. The molecule has 3 rings (SSSR count). The van der Waals surface area contributed by atoms with Crippen molar-refractivity contribution in [2.24, 2.45) is 11.8 Å². The maximum atomic E-state index is 13.9. The van der Waals surface area contributed by atoms with E-state index in [1.807, 2.05) is 0 Å². The normalized spacial score (nSPS) is 27.9. The summed E-state index contributed by atoms with van der Waals surface area (Å²) in [6.45, 7) is 1.54. The Morgan fingerprint density at radius 1 is 0.966 bits per heavy atom. The second-order valence-electron chi connectivity index (χ2n) is 7.61. The van der Waals surface area contributed by atoms with Crippen LogP contribution in [0.15, 0.2) is 18.2 Å². The van der Waals surface area contributed by atoms with Gasteiger partial charge in [-0.2, -0.15) is 8.78 Å². The van der Waals surface area contributed by atoms with Gasteiger partial charge in [0.2, 0.25) is 0 Å². The molecule has 2 heterocycles. The summed E-state index contributed by atoms with van der Waals surface area (Å²) in [4.78, 5) is 0. The average molecular weight is 418 g/mol. The molecule has 1 aromatic rings. The van der Waals surface area contributed by atoms with Crippen LogP contribution in [0.3, 0.4) is 0 Å². The molecule has 2 saturated heterocycles. The summed E-state index contributed by atoms with van der Waals surface area (Å²) in [5.41, 5.74) is 0.430. The predicted molar refractivity (Wildman–Crippen MR) is 99.1 cm³/mol. The average Bonchev–Trinajstić information content (AvgIpc) is 2.73. The Morgan fingerprint density at radius 3 is 2.24 bits per heavy atom. The van der Waals surface area contributed by atoms with Crippen molar-refractivity contribution in [1.82, 2.24) is 0 Å². The Labute approximate surface area is 169 Å². The van der Waals surface area contributed by atoms with Crippen molar-refractivity contribution in [3.05, 3.63) is 29.6 Å². The van der Waals surface area contributed by atoms with E-state index in [-0.39, 0.29) is 12.2 Å². The van der Waals surface area contributed by atoms with Crippen molar-refractivity contribution < 1.29 is 36.9 Å². The maximum Gasteiger partial charge on any atom is 0.387 e. The van der Waals surface area contributed by atoms with Crippen molar-refractivity contribution in [3.8, 4) is 5.75 Å². The van der Waals surface area contributed by atoms with Gasteiger partial charge < -0.3 is 23.7 Å². The molecule has 5 nitrogen and oxygen atoms in total. The fraction of sp³-hybridized carbons (Fsp3) is 0.714. The Kier molecular flexibility index (Phi) is 8.59. The molecule has 2 aliphatic heterocycles. The molecular weight excluding hydrogens is 389 g/mol. The summed E-state index contributed by atoms with van der Waals surface area (Å²) in [6, 6.07) is 3.72. The molecule has 0 atom stereocenters. The topological polar surface area (TPSA) is 46.2 Å². The lowest BCUT2D eigenvalue weighted by atomic mass is 10.0. The highest BCUT2D eigenvalue weighted by Crippen LogP contribution is 2.31. The van der Waals surface area contributed by atoms with Crippen LogP contribution in [0.1, 0.15) is 50.9 Å². The van der Waals surface area contributed by atoms with Crippen LogP contribution < -0.4 is 4.74 Å². The van der Waals surface area contributed by atoms with E-state index in [0.29, 0.717) is 24.7 Å². The molecule has 0 radical (unpaired) electrons. The molecule has 2 fully saturated rings. The Balaban J connectivity index is 1.37. The van der Waals surface area contributed by atoms with Crippen molar-refractivity contribution in [3.63, 3.8) is 0 Å². The fourth-order valence-corrected chi connectivity index (χ4v) is 3.54. The van der Waals surface area contributed by atoms with E-state index in [1.54, 1.807) is 0 Å². The number of halogens is 3. The second-order valence-corrected chi connectivity index (χ2v) is 7.61. The van der Waals surface area contributed by atoms with Crippen LogP contribution in [-0.2, 0) is 18.9 Å². The zero-order valence-electron chi connectivity index (χ0n) is 16.7.